The fourth-order valence-corrected chi connectivity index (χ4v) is 4.94. The van der Waals surface area contributed by atoms with Crippen molar-refractivity contribution in [3.63, 3.8) is 0 Å². The largest absolute Gasteiger partial charge is 0.334 e. The molecule has 0 saturated heterocycles. The number of nitrogens with zero attached hydrogens (tertiary/aromatic N) is 1. The number of sulfone groups is 1. The fourth-order valence-electron chi connectivity index (χ4n) is 3.45. The summed E-state index contributed by atoms with van der Waals surface area (Å²) >= 11 is 0. The van der Waals surface area contributed by atoms with E-state index in [2.05, 4.69) is 15.6 Å². The average Bonchev–Trinajstić information content (AvgIpc) is 2.84. The summed E-state index contributed by atoms with van der Waals surface area (Å²) in [6, 6.07) is 24.1. The smallest absolute Gasteiger partial charge is 0.319 e. The van der Waals surface area contributed by atoms with E-state index in [1.165, 1.54) is 12.1 Å². The second-order valence-corrected chi connectivity index (χ2v) is 9.47. The van der Waals surface area contributed by atoms with Crippen LogP contribution in [0.15, 0.2) is 107 Å². The molecule has 4 rings (SSSR count). The normalized spacial score (nSPS) is 11.1. The molecular formula is C26H23N3O3S. The van der Waals surface area contributed by atoms with Crippen LogP contribution in [0.2, 0.25) is 0 Å². The lowest BCUT2D eigenvalue weighted by molar-refractivity contribution is 0.251. The van der Waals surface area contributed by atoms with Crippen LogP contribution in [-0.2, 0) is 16.4 Å². The fraction of sp³-hybridized carbons (Fsp3) is 0.0769. The number of aryl methyl sites for hydroxylation is 1. The summed E-state index contributed by atoms with van der Waals surface area (Å²) in [7, 11) is -3.76. The minimum Gasteiger partial charge on any atom is -0.334 e. The molecule has 1 aromatic heterocycles. The van der Waals surface area contributed by atoms with Crippen LogP contribution >= 0.6 is 0 Å². The molecule has 0 fully saturated rings. The lowest BCUT2D eigenvalue weighted by atomic mass is 10.0. The summed E-state index contributed by atoms with van der Waals surface area (Å²) in [4.78, 5) is 16.5. The average molecular weight is 458 g/mol. The zero-order valence-electron chi connectivity index (χ0n) is 18.0. The van der Waals surface area contributed by atoms with Gasteiger partial charge in [-0.05, 0) is 60.5 Å². The van der Waals surface area contributed by atoms with Gasteiger partial charge >= 0.3 is 6.03 Å². The van der Waals surface area contributed by atoms with Gasteiger partial charge in [0.2, 0.25) is 9.84 Å². The molecule has 0 radical (unpaired) electrons. The number of hydrogen-bond acceptors (Lipinski definition) is 4. The maximum absolute atomic E-state index is 13.4. The van der Waals surface area contributed by atoms with Gasteiger partial charge in [-0.3, -0.25) is 4.98 Å². The van der Waals surface area contributed by atoms with Crippen LogP contribution in [0.4, 0.5) is 10.5 Å². The number of rotatable bonds is 6. The lowest BCUT2D eigenvalue weighted by Crippen LogP contribution is -2.28. The lowest BCUT2D eigenvalue weighted by Gasteiger charge is -2.12. The van der Waals surface area contributed by atoms with E-state index in [1.807, 2.05) is 55.5 Å². The van der Waals surface area contributed by atoms with E-state index in [1.54, 1.807) is 36.7 Å². The highest BCUT2D eigenvalue weighted by Crippen LogP contribution is 2.32. The number of benzene rings is 3. The molecule has 0 bridgehead atoms. The van der Waals surface area contributed by atoms with Crippen molar-refractivity contribution in [3.8, 4) is 11.1 Å². The van der Waals surface area contributed by atoms with E-state index < -0.39 is 9.84 Å². The first-order valence-corrected chi connectivity index (χ1v) is 11.9. The quantitative estimate of drug-likeness (QED) is 0.416. The molecule has 0 unspecified atom stereocenters. The highest BCUT2D eigenvalue weighted by Gasteiger charge is 2.22. The first-order chi connectivity index (χ1) is 15.9. The minimum atomic E-state index is -3.76. The van der Waals surface area contributed by atoms with Crippen molar-refractivity contribution in [3.05, 3.63) is 108 Å². The molecule has 7 heteroatoms. The zero-order valence-corrected chi connectivity index (χ0v) is 18.8. The minimum absolute atomic E-state index is 0.158. The number of carbonyl (C=O) groups excluding carboxylic acids is 1. The Balaban J connectivity index is 1.51. The Labute approximate surface area is 193 Å². The molecular weight excluding hydrogens is 434 g/mol. The predicted octanol–water partition coefficient (Wildman–Crippen LogP) is 5.21. The Morgan fingerprint density at radius 2 is 1.61 bits per heavy atom. The Morgan fingerprint density at radius 1 is 0.879 bits per heavy atom. The van der Waals surface area contributed by atoms with E-state index in [0.29, 0.717) is 17.8 Å². The summed E-state index contributed by atoms with van der Waals surface area (Å²) in [5.74, 6) is 0. The second kappa shape index (κ2) is 9.67. The van der Waals surface area contributed by atoms with Crippen LogP contribution in [0.3, 0.4) is 0 Å². The number of amides is 2. The van der Waals surface area contributed by atoms with Crippen molar-refractivity contribution in [1.29, 1.82) is 0 Å². The molecule has 0 aliphatic carbocycles. The van der Waals surface area contributed by atoms with Crippen LogP contribution in [0, 0.1) is 6.92 Å². The van der Waals surface area contributed by atoms with E-state index >= 15 is 0 Å². The van der Waals surface area contributed by atoms with Crippen LogP contribution < -0.4 is 10.6 Å². The molecule has 1 heterocycles. The molecule has 33 heavy (non-hydrogen) atoms. The van der Waals surface area contributed by atoms with Gasteiger partial charge in [0.05, 0.1) is 9.79 Å². The Morgan fingerprint density at radius 3 is 2.33 bits per heavy atom. The maximum Gasteiger partial charge on any atom is 0.319 e. The Kier molecular flexibility index (Phi) is 6.51. The molecule has 0 atom stereocenters. The molecule has 166 valence electrons. The monoisotopic (exact) mass is 457 g/mol. The van der Waals surface area contributed by atoms with E-state index in [0.717, 1.165) is 16.7 Å². The Bertz CT molecular complexity index is 1370. The molecule has 3 aromatic carbocycles. The van der Waals surface area contributed by atoms with Crippen LogP contribution in [0.25, 0.3) is 11.1 Å². The van der Waals surface area contributed by atoms with Gasteiger partial charge in [0.1, 0.15) is 0 Å². The number of anilines is 1. The highest BCUT2D eigenvalue weighted by molar-refractivity contribution is 7.91. The number of urea groups is 1. The van der Waals surface area contributed by atoms with Gasteiger partial charge in [0.15, 0.2) is 0 Å². The van der Waals surface area contributed by atoms with E-state index in [9.17, 15) is 13.2 Å². The summed E-state index contributed by atoms with van der Waals surface area (Å²) in [6.45, 7) is 2.33. The molecule has 0 aliphatic rings. The predicted molar refractivity (Wildman–Crippen MR) is 129 cm³/mol. The molecule has 0 aliphatic heterocycles. The molecule has 2 amide bonds. The van der Waals surface area contributed by atoms with E-state index in [4.69, 9.17) is 0 Å². The number of aromatic nitrogens is 1. The first kappa shape index (κ1) is 22.2. The standard InChI is InChI=1S/C26H23N3O3S/c1-19-5-4-6-21(17-19)24-7-2-3-8-25(24)33(31,32)23-11-9-22(10-12-23)29-26(30)28-18-20-13-15-27-16-14-20/h2-17H,18H2,1H3,(H2,28,29,30). The van der Waals surface area contributed by atoms with Crippen LogP contribution in [0.1, 0.15) is 11.1 Å². The van der Waals surface area contributed by atoms with Crippen LogP contribution in [0.5, 0.6) is 0 Å². The third kappa shape index (κ3) is 5.27. The summed E-state index contributed by atoms with van der Waals surface area (Å²) in [5, 5.41) is 5.47. The molecule has 2 N–H and O–H groups in total. The van der Waals surface area contributed by atoms with Crippen molar-refractivity contribution in [2.75, 3.05) is 5.32 Å². The third-order valence-electron chi connectivity index (χ3n) is 5.13. The topological polar surface area (TPSA) is 88.2 Å². The maximum atomic E-state index is 13.4. The van der Waals surface area contributed by atoms with Crippen molar-refractivity contribution >= 4 is 21.6 Å². The van der Waals surface area contributed by atoms with Crippen LogP contribution in [-0.4, -0.2) is 19.4 Å². The van der Waals surface area contributed by atoms with Crippen molar-refractivity contribution in [2.24, 2.45) is 0 Å². The molecule has 0 saturated carbocycles. The SMILES string of the molecule is Cc1cccc(-c2ccccc2S(=O)(=O)c2ccc(NC(=O)NCc3ccncc3)cc2)c1. The highest BCUT2D eigenvalue weighted by atomic mass is 32.2. The third-order valence-corrected chi connectivity index (χ3v) is 6.96. The first-order valence-electron chi connectivity index (χ1n) is 10.4. The van der Waals surface area contributed by atoms with Gasteiger partial charge in [-0.1, -0.05) is 48.0 Å². The second-order valence-electron chi connectivity index (χ2n) is 7.56. The van der Waals surface area contributed by atoms with Crippen molar-refractivity contribution in [1.82, 2.24) is 10.3 Å². The van der Waals surface area contributed by atoms with Crippen molar-refractivity contribution in [2.45, 2.75) is 23.3 Å². The van der Waals surface area contributed by atoms with Gasteiger partial charge in [0, 0.05) is 30.2 Å². The summed E-state index contributed by atoms with van der Waals surface area (Å²) < 4.78 is 26.8. The summed E-state index contributed by atoms with van der Waals surface area (Å²) in [5.41, 5.74) is 3.97. The van der Waals surface area contributed by atoms with Gasteiger partial charge in [-0.2, -0.15) is 0 Å². The zero-order chi connectivity index (χ0) is 23.3. The molecule has 0 spiro atoms. The number of nitrogens with one attached hydrogen (secondary N) is 2. The number of pyridine rings is 1. The van der Waals surface area contributed by atoms with E-state index in [-0.39, 0.29) is 15.8 Å². The number of hydrogen-bond donors (Lipinski definition) is 2. The van der Waals surface area contributed by atoms with Gasteiger partial charge in [-0.25, -0.2) is 13.2 Å². The summed E-state index contributed by atoms with van der Waals surface area (Å²) in [6.07, 6.45) is 3.32. The Hall–Kier alpha value is -3.97. The van der Waals surface area contributed by atoms with Gasteiger partial charge < -0.3 is 10.6 Å². The van der Waals surface area contributed by atoms with Crippen molar-refractivity contribution < 1.29 is 13.2 Å². The van der Waals surface area contributed by atoms with Gasteiger partial charge in [-0.15, -0.1) is 0 Å². The molecule has 4 aromatic rings. The molecule has 6 nitrogen and oxygen atoms in total. The van der Waals surface area contributed by atoms with Gasteiger partial charge in [0.25, 0.3) is 0 Å². The number of carbonyl (C=O) groups is 1.